The Kier molecular flexibility index (Phi) is 18.3. The smallest absolute Gasteiger partial charge is 0.744 e. The predicted molar refractivity (Wildman–Crippen MR) is 163 cm³/mol. The molecule has 0 saturated heterocycles. The van der Waals surface area contributed by atoms with Crippen LogP contribution in [0.4, 0.5) is 11.4 Å². The van der Waals surface area contributed by atoms with Crippen LogP contribution in [0.5, 0.6) is 0 Å². The molecule has 2 aromatic rings. The summed E-state index contributed by atoms with van der Waals surface area (Å²) in [4.78, 5) is 1.94. The van der Waals surface area contributed by atoms with Crippen LogP contribution in [0.15, 0.2) is 53.4 Å². The van der Waals surface area contributed by atoms with E-state index in [-0.39, 0.29) is 62.4 Å². The largest absolute Gasteiger partial charge is 1.00 e. The van der Waals surface area contributed by atoms with Crippen molar-refractivity contribution >= 4 is 21.5 Å². The van der Waals surface area contributed by atoms with Gasteiger partial charge in [-0.25, -0.2) is 8.42 Å². The molecule has 1 heterocycles. The third-order valence-corrected chi connectivity index (χ3v) is 8.90. The van der Waals surface area contributed by atoms with Crippen molar-refractivity contribution in [2.24, 2.45) is 0 Å². The molecule has 218 valence electrons. The van der Waals surface area contributed by atoms with E-state index in [2.05, 4.69) is 17.1 Å². The van der Waals surface area contributed by atoms with E-state index in [1.807, 2.05) is 36.4 Å². The van der Waals surface area contributed by atoms with E-state index >= 15 is 0 Å². The molecular formula is C33H51KN2O3S. The van der Waals surface area contributed by atoms with Crippen molar-refractivity contribution in [2.45, 2.75) is 140 Å². The minimum absolute atomic E-state index is 0. The molecule has 1 aliphatic heterocycles. The molecule has 0 saturated carbocycles. The van der Waals surface area contributed by atoms with E-state index in [0.29, 0.717) is 12.2 Å². The van der Waals surface area contributed by atoms with Gasteiger partial charge in [0.15, 0.2) is 0 Å². The first-order chi connectivity index (χ1) is 19.0. The van der Waals surface area contributed by atoms with Gasteiger partial charge in [-0.3, -0.25) is 0 Å². The molecule has 7 heteroatoms. The number of hydrogen-bond donors (Lipinski definition) is 1. The van der Waals surface area contributed by atoms with Crippen molar-refractivity contribution in [3.8, 4) is 0 Å². The summed E-state index contributed by atoms with van der Waals surface area (Å²) in [7, 11) is -4.56. The van der Waals surface area contributed by atoms with E-state index < -0.39 is 10.1 Å². The van der Waals surface area contributed by atoms with E-state index in [9.17, 15) is 13.0 Å². The number of para-hydroxylation sites is 1. The van der Waals surface area contributed by atoms with E-state index in [1.165, 1.54) is 109 Å². The van der Waals surface area contributed by atoms with Gasteiger partial charge in [-0.1, -0.05) is 146 Å². The molecule has 1 aliphatic rings. The zero-order valence-electron chi connectivity index (χ0n) is 25.2. The Morgan fingerprint density at radius 1 is 0.700 bits per heavy atom. The molecule has 3 rings (SSSR count). The fourth-order valence-corrected chi connectivity index (χ4v) is 6.52. The second kappa shape index (κ2) is 20.5. The van der Waals surface area contributed by atoms with Crippen molar-refractivity contribution in [1.82, 2.24) is 0 Å². The van der Waals surface area contributed by atoms with Gasteiger partial charge in [0.25, 0.3) is 0 Å². The molecule has 0 aliphatic carbocycles. The van der Waals surface area contributed by atoms with Crippen molar-refractivity contribution < 1.29 is 64.4 Å². The summed E-state index contributed by atoms with van der Waals surface area (Å²) in [6.45, 7) is 2.85. The van der Waals surface area contributed by atoms with Gasteiger partial charge in [-0.05, 0) is 30.5 Å². The van der Waals surface area contributed by atoms with E-state index in [4.69, 9.17) is 0 Å². The van der Waals surface area contributed by atoms with E-state index in [1.54, 1.807) is 6.07 Å². The number of hydrogen-bond acceptors (Lipinski definition) is 5. The monoisotopic (exact) mass is 594 g/mol. The Labute approximate surface area is 287 Å². The van der Waals surface area contributed by atoms with Crippen LogP contribution in [0.2, 0.25) is 0 Å². The fraction of sp³-hybridized carbons (Fsp3) is 0.636. The summed E-state index contributed by atoms with van der Waals surface area (Å²) in [5.74, 6) is 0. The van der Waals surface area contributed by atoms with Crippen LogP contribution in [-0.2, 0) is 16.7 Å². The van der Waals surface area contributed by atoms with Crippen molar-refractivity contribution in [3.63, 3.8) is 0 Å². The van der Waals surface area contributed by atoms with Crippen LogP contribution < -0.4 is 61.6 Å². The first-order valence-electron chi connectivity index (χ1n) is 15.7. The Balaban J connectivity index is 0.00000560. The molecule has 0 fully saturated rings. The third kappa shape index (κ3) is 12.8. The average Bonchev–Trinajstić information content (AvgIpc) is 3.27. The Morgan fingerprint density at radius 3 is 1.70 bits per heavy atom. The zero-order chi connectivity index (χ0) is 27.8. The number of fused-ring (bicyclic) bond motifs is 1. The molecule has 40 heavy (non-hydrogen) atoms. The van der Waals surface area contributed by atoms with Crippen LogP contribution in [0.1, 0.15) is 128 Å². The summed E-state index contributed by atoms with van der Waals surface area (Å²) in [6, 6.07) is 15.0. The quantitative estimate of drug-likeness (QED) is 0.103. The number of rotatable bonds is 21. The van der Waals surface area contributed by atoms with Crippen LogP contribution in [0, 0.1) is 0 Å². The maximum atomic E-state index is 12.0. The summed E-state index contributed by atoms with van der Waals surface area (Å²) >= 11 is 0. The van der Waals surface area contributed by atoms with Gasteiger partial charge in [-0.15, -0.1) is 0 Å². The number of benzene rings is 2. The van der Waals surface area contributed by atoms with Gasteiger partial charge in [0.2, 0.25) is 0 Å². The van der Waals surface area contributed by atoms with Gasteiger partial charge in [0.1, 0.15) is 10.1 Å². The Hall–Kier alpha value is -0.414. The van der Waals surface area contributed by atoms with Gasteiger partial charge in [0, 0.05) is 6.54 Å². The topological polar surface area (TPSA) is 72.5 Å². The average molecular weight is 595 g/mol. The summed E-state index contributed by atoms with van der Waals surface area (Å²) in [5, 5.41) is 3.49. The maximum absolute atomic E-state index is 12.0. The number of nitrogens with one attached hydrogen (secondary N) is 1. The molecular weight excluding hydrogens is 544 g/mol. The maximum Gasteiger partial charge on any atom is 1.00 e. The molecule has 2 aromatic carbocycles. The van der Waals surface area contributed by atoms with Crippen LogP contribution in [0.3, 0.4) is 0 Å². The van der Waals surface area contributed by atoms with Gasteiger partial charge in [0.05, 0.1) is 22.4 Å². The molecule has 1 atom stereocenters. The standard InChI is InChI=1S/C33H52N2O3S.K/c1-2-3-4-5-6-7-8-9-10-11-12-13-14-15-16-17-21-27-32-34-30-25-22-26-31(39(36,37)38)33(30)35(32)28-29-23-19-18-20-24-29;/h18-20,22-26,32,34H,2-17,21,27-28H2,1H3,(H,36,37,38);/q;+1/p-1. The second-order valence-electron chi connectivity index (χ2n) is 11.3. The Bertz CT molecular complexity index is 1050. The van der Waals surface area contributed by atoms with Gasteiger partial charge in [-0.2, -0.15) is 0 Å². The van der Waals surface area contributed by atoms with Crippen molar-refractivity contribution in [1.29, 1.82) is 0 Å². The minimum Gasteiger partial charge on any atom is -0.744 e. The van der Waals surface area contributed by atoms with Crippen LogP contribution in [-0.4, -0.2) is 19.1 Å². The number of nitrogens with zero attached hydrogens (tertiary/aromatic N) is 1. The molecule has 0 amide bonds. The van der Waals surface area contributed by atoms with Crippen molar-refractivity contribution in [3.05, 3.63) is 54.1 Å². The second-order valence-corrected chi connectivity index (χ2v) is 12.7. The molecule has 0 radical (unpaired) electrons. The first kappa shape index (κ1) is 35.8. The predicted octanol–water partition coefficient (Wildman–Crippen LogP) is 6.39. The first-order valence-corrected chi connectivity index (χ1v) is 17.1. The van der Waals surface area contributed by atoms with Gasteiger partial charge < -0.3 is 14.8 Å². The zero-order valence-corrected chi connectivity index (χ0v) is 29.2. The van der Waals surface area contributed by atoms with Crippen LogP contribution >= 0.6 is 0 Å². The SMILES string of the molecule is CCCCCCCCCCCCCCCCCCCC1Nc2cccc(S(=O)(=O)[O-])c2N1Cc1ccccc1.[K+]. The number of unbranched alkanes of at least 4 members (excludes halogenated alkanes) is 16. The van der Waals surface area contributed by atoms with E-state index in [0.717, 1.165) is 24.1 Å². The summed E-state index contributed by atoms with van der Waals surface area (Å²) in [5.41, 5.74) is 2.35. The third-order valence-electron chi connectivity index (χ3n) is 8.03. The molecule has 0 spiro atoms. The van der Waals surface area contributed by atoms with Gasteiger partial charge >= 0.3 is 51.4 Å². The summed E-state index contributed by atoms with van der Waals surface area (Å²) in [6.07, 6.45) is 23.8. The Morgan fingerprint density at radius 2 is 1.20 bits per heavy atom. The molecule has 5 nitrogen and oxygen atoms in total. The number of anilines is 2. The minimum atomic E-state index is -4.56. The molecule has 1 N–H and O–H groups in total. The fourth-order valence-electron chi connectivity index (χ4n) is 5.81. The normalized spacial score (nSPS) is 14.6. The van der Waals surface area contributed by atoms with Crippen molar-refractivity contribution in [2.75, 3.05) is 10.2 Å². The molecule has 0 aromatic heterocycles. The molecule has 1 unspecified atom stereocenters. The summed E-state index contributed by atoms with van der Waals surface area (Å²) < 4.78 is 36.0. The van der Waals surface area contributed by atoms with Crippen LogP contribution in [0.25, 0.3) is 0 Å². The molecule has 0 bridgehead atoms.